The van der Waals surface area contributed by atoms with Gasteiger partial charge >= 0.3 is 0 Å². The molecule has 1 atom stereocenters. The fraction of sp³-hybridized carbons (Fsp3) is 0.182. The fourth-order valence-corrected chi connectivity index (χ4v) is 1.31. The van der Waals surface area contributed by atoms with Crippen molar-refractivity contribution < 1.29 is 4.42 Å². The van der Waals surface area contributed by atoms with Gasteiger partial charge in [-0.1, -0.05) is 24.3 Å². The molecule has 72 valence electrons. The highest BCUT2D eigenvalue weighted by molar-refractivity contribution is 5.56. The topological polar surface area (TPSA) is 52.0 Å². The third kappa shape index (κ3) is 1.67. The zero-order valence-corrected chi connectivity index (χ0v) is 7.97. The summed E-state index contributed by atoms with van der Waals surface area (Å²) in [6.07, 6.45) is 3.12. The van der Waals surface area contributed by atoms with E-state index in [9.17, 15) is 0 Å². The first-order chi connectivity index (χ1) is 6.77. The molecule has 0 aliphatic heterocycles. The summed E-state index contributed by atoms with van der Waals surface area (Å²) in [6, 6.07) is 8.04. The van der Waals surface area contributed by atoms with Crippen LogP contribution in [0.5, 0.6) is 0 Å². The van der Waals surface area contributed by atoms with Gasteiger partial charge < -0.3 is 10.2 Å². The Labute approximate surface area is 82.6 Å². The van der Waals surface area contributed by atoms with E-state index in [1.165, 1.54) is 6.39 Å². The first-order valence-electron chi connectivity index (χ1n) is 4.52. The number of oxazole rings is 1. The SMILES string of the molecule is CC(N)c1ccc(-c2cnco2)cc1. The van der Waals surface area contributed by atoms with Crippen molar-refractivity contribution >= 4 is 0 Å². The van der Waals surface area contributed by atoms with Gasteiger partial charge in [0.25, 0.3) is 0 Å². The number of benzene rings is 1. The van der Waals surface area contributed by atoms with Gasteiger partial charge in [-0.25, -0.2) is 4.98 Å². The van der Waals surface area contributed by atoms with Crippen molar-refractivity contribution in [2.45, 2.75) is 13.0 Å². The number of nitrogens with zero attached hydrogens (tertiary/aromatic N) is 1. The van der Waals surface area contributed by atoms with Crippen LogP contribution in [0.25, 0.3) is 11.3 Å². The summed E-state index contributed by atoms with van der Waals surface area (Å²) in [5.74, 6) is 0.779. The number of hydrogen-bond donors (Lipinski definition) is 1. The highest BCUT2D eigenvalue weighted by atomic mass is 16.3. The lowest BCUT2D eigenvalue weighted by Gasteiger charge is -2.05. The Morgan fingerprint density at radius 3 is 2.50 bits per heavy atom. The van der Waals surface area contributed by atoms with Crippen molar-refractivity contribution in [2.24, 2.45) is 5.73 Å². The molecule has 0 amide bonds. The molecule has 0 saturated carbocycles. The van der Waals surface area contributed by atoms with Crippen LogP contribution in [-0.4, -0.2) is 4.98 Å². The molecule has 1 aromatic carbocycles. The molecule has 14 heavy (non-hydrogen) atoms. The molecular formula is C11H12N2O. The van der Waals surface area contributed by atoms with Gasteiger partial charge in [-0.05, 0) is 12.5 Å². The van der Waals surface area contributed by atoms with Gasteiger partial charge in [-0.15, -0.1) is 0 Å². The van der Waals surface area contributed by atoms with E-state index in [0.717, 1.165) is 16.9 Å². The van der Waals surface area contributed by atoms with E-state index >= 15 is 0 Å². The van der Waals surface area contributed by atoms with Gasteiger partial charge in [0.2, 0.25) is 0 Å². The minimum Gasteiger partial charge on any atom is -0.444 e. The van der Waals surface area contributed by atoms with Gasteiger partial charge in [0.1, 0.15) is 0 Å². The van der Waals surface area contributed by atoms with E-state index in [1.807, 2.05) is 31.2 Å². The van der Waals surface area contributed by atoms with Crippen LogP contribution in [0.15, 0.2) is 41.3 Å². The normalized spacial score (nSPS) is 12.7. The standard InChI is InChI=1S/C11H12N2O/c1-8(12)9-2-4-10(5-3-9)11-6-13-7-14-11/h2-8H,12H2,1H3. The molecule has 3 heteroatoms. The Balaban J connectivity index is 2.31. The second kappa shape index (κ2) is 3.64. The lowest BCUT2D eigenvalue weighted by atomic mass is 10.1. The molecular weight excluding hydrogens is 176 g/mol. The second-order valence-corrected chi connectivity index (χ2v) is 3.28. The highest BCUT2D eigenvalue weighted by Crippen LogP contribution is 2.20. The summed E-state index contributed by atoms with van der Waals surface area (Å²) in [5, 5.41) is 0. The highest BCUT2D eigenvalue weighted by Gasteiger charge is 2.02. The van der Waals surface area contributed by atoms with E-state index in [2.05, 4.69) is 4.98 Å². The molecule has 2 rings (SSSR count). The summed E-state index contributed by atoms with van der Waals surface area (Å²) in [4.78, 5) is 3.86. The minimum absolute atomic E-state index is 0.0683. The molecule has 1 heterocycles. The van der Waals surface area contributed by atoms with Crippen LogP contribution in [0.1, 0.15) is 18.5 Å². The van der Waals surface area contributed by atoms with Gasteiger partial charge in [0.15, 0.2) is 12.2 Å². The van der Waals surface area contributed by atoms with Crippen molar-refractivity contribution in [3.8, 4) is 11.3 Å². The zero-order chi connectivity index (χ0) is 9.97. The third-order valence-electron chi connectivity index (χ3n) is 2.15. The monoisotopic (exact) mass is 188 g/mol. The summed E-state index contributed by atoms with van der Waals surface area (Å²) in [5.41, 5.74) is 7.89. The predicted molar refractivity (Wildman–Crippen MR) is 54.5 cm³/mol. The van der Waals surface area contributed by atoms with Crippen LogP contribution in [0, 0.1) is 0 Å². The minimum atomic E-state index is 0.0683. The van der Waals surface area contributed by atoms with Crippen molar-refractivity contribution in [2.75, 3.05) is 0 Å². The molecule has 0 radical (unpaired) electrons. The van der Waals surface area contributed by atoms with Gasteiger partial charge in [-0.3, -0.25) is 0 Å². The molecule has 0 aliphatic rings. The second-order valence-electron chi connectivity index (χ2n) is 3.28. The lowest BCUT2D eigenvalue weighted by Crippen LogP contribution is -2.04. The van der Waals surface area contributed by atoms with Crippen LogP contribution in [0.4, 0.5) is 0 Å². The van der Waals surface area contributed by atoms with Crippen LogP contribution >= 0.6 is 0 Å². The zero-order valence-electron chi connectivity index (χ0n) is 7.97. The van der Waals surface area contributed by atoms with Gasteiger partial charge in [-0.2, -0.15) is 0 Å². The van der Waals surface area contributed by atoms with E-state index in [4.69, 9.17) is 10.2 Å². The molecule has 2 N–H and O–H groups in total. The van der Waals surface area contributed by atoms with E-state index in [-0.39, 0.29) is 6.04 Å². The molecule has 0 aliphatic carbocycles. The van der Waals surface area contributed by atoms with Gasteiger partial charge in [0, 0.05) is 11.6 Å². The Bertz CT molecular complexity index is 390. The average Bonchev–Trinajstić information content (AvgIpc) is 2.71. The number of rotatable bonds is 2. The van der Waals surface area contributed by atoms with E-state index < -0.39 is 0 Å². The molecule has 0 saturated heterocycles. The summed E-state index contributed by atoms with van der Waals surface area (Å²) in [7, 11) is 0. The molecule has 2 aromatic rings. The van der Waals surface area contributed by atoms with Crippen LogP contribution in [0.3, 0.4) is 0 Å². The van der Waals surface area contributed by atoms with Gasteiger partial charge in [0.05, 0.1) is 6.20 Å². The molecule has 3 nitrogen and oxygen atoms in total. The Morgan fingerprint density at radius 2 is 2.00 bits per heavy atom. The first kappa shape index (κ1) is 8.97. The molecule has 0 spiro atoms. The summed E-state index contributed by atoms with van der Waals surface area (Å²) >= 11 is 0. The third-order valence-corrected chi connectivity index (χ3v) is 2.15. The number of nitrogens with two attached hydrogens (primary N) is 1. The van der Waals surface area contributed by atoms with Crippen molar-refractivity contribution in [3.63, 3.8) is 0 Å². The fourth-order valence-electron chi connectivity index (χ4n) is 1.31. The summed E-state index contributed by atoms with van der Waals surface area (Å²) in [6.45, 7) is 1.96. The van der Waals surface area contributed by atoms with Crippen molar-refractivity contribution in [3.05, 3.63) is 42.4 Å². The summed E-state index contributed by atoms with van der Waals surface area (Å²) < 4.78 is 5.18. The Kier molecular flexibility index (Phi) is 2.33. The lowest BCUT2D eigenvalue weighted by molar-refractivity contribution is 0.572. The first-order valence-corrected chi connectivity index (χ1v) is 4.52. The van der Waals surface area contributed by atoms with E-state index in [1.54, 1.807) is 6.20 Å². The molecule has 0 bridgehead atoms. The van der Waals surface area contributed by atoms with Crippen LogP contribution < -0.4 is 5.73 Å². The Morgan fingerprint density at radius 1 is 1.29 bits per heavy atom. The van der Waals surface area contributed by atoms with E-state index in [0.29, 0.717) is 0 Å². The van der Waals surface area contributed by atoms with Crippen molar-refractivity contribution in [1.29, 1.82) is 0 Å². The maximum Gasteiger partial charge on any atom is 0.181 e. The molecule has 0 fully saturated rings. The maximum atomic E-state index is 5.75. The van der Waals surface area contributed by atoms with Crippen LogP contribution in [0.2, 0.25) is 0 Å². The smallest absolute Gasteiger partial charge is 0.181 e. The number of aromatic nitrogens is 1. The molecule has 1 unspecified atom stereocenters. The molecule has 1 aromatic heterocycles. The Hall–Kier alpha value is -1.61. The number of hydrogen-bond acceptors (Lipinski definition) is 3. The largest absolute Gasteiger partial charge is 0.444 e. The average molecular weight is 188 g/mol. The van der Waals surface area contributed by atoms with Crippen LogP contribution in [-0.2, 0) is 0 Å². The predicted octanol–water partition coefficient (Wildman–Crippen LogP) is 2.36. The van der Waals surface area contributed by atoms with Crippen molar-refractivity contribution in [1.82, 2.24) is 4.98 Å². The maximum absolute atomic E-state index is 5.75. The quantitative estimate of drug-likeness (QED) is 0.787.